The molecule has 2 rings (SSSR count). The fourth-order valence-electron chi connectivity index (χ4n) is 2.66. The Morgan fingerprint density at radius 2 is 1.71 bits per heavy atom. The maximum absolute atomic E-state index is 13.8. The lowest BCUT2D eigenvalue weighted by atomic mass is 10.1. The molecule has 5 nitrogen and oxygen atoms in total. The summed E-state index contributed by atoms with van der Waals surface area (Å²) in [5.41, 5.74) is -0.531. The smallest absolute Gasteiger partial charge is 0.260 e. The van der Waals surface area contributed by atoms with Crippen molar-refractivity contribution in [3.8, 4) is 5.75 Å². The Hall–Kier alpha value is -2.18. The van der Waals surface area contributed by atoms with Crippen molar-refractivity contribution in [2.75, 3.05) is 26.2 Å². The molecule has 24 heavy (non-hydrogen) atoms. The van der Waals surface area contributed by atoms with Gasteiger partial charge in [0.1, 0.15) is 22.9 Å². The van der Waals surface area contributed by atoms with Crippen molar-refractivity contribution < 1.29 is 23.5 Å². The molecule has 1 aromatic rings. The van der Waals surface area contributed by atoms with Crippen LogP contribution in [0.4, 0.5) is 8.78 Å². The minimum atomic E-state index is -1.09. The number of rotatable bonds is 4. The quantitative estimate of drug-likeness (QED) is 0.915. The summed E-state index contributed by atoms with van der Waals surface area (Å²) in [6.45, 7) is 5.34. The highest BCUT2D eigenvalue weighted by Gasteiger charge is 2.28. The van der Waals surface area contributed by atoms with Gasteiger partial charge in [0.2, 0.25) is 5.91 Å². The van der Waals surface area contributed by atoms with Crippen LogP contribution >= 0.6 is 0 Å². The summed E-state index contributed by atoms with van der Waals surface area (Å²) in [7, 11) is 0. The Kier molecular flexibility index (Phi) is 5.75. The maximum Gasteiger partial charge on any atom is 0.260 e. The molecule has 0 bridgehead atoms. The summed E-state index contributed by atoms with van der Waals surface area (Å²) in [5.74, 6) is -2.95. The van der Waals surface area contributed by atoms with Gasteiger partial charge in [0.25, 0.3) is 5.91 Å². The summed E-state index contributed by atoms with van der Waals surface area (Å²) in [6.07, 6.45) is 1.28. The number of phenolic OH excluding ortho intramolecular Hbond substituents is 1. The summed E-state index contributed by atoms with van der Waals surface area (Å²) in [4.78, 5) is 27.5. The van der Waals surface area contributed by atoms with Crippen LogP contribution in [-0.2, 0) is 4.79 Å². The molecule has 0 saturated carbocycles. The first-order valence-electron chi connectivity index (χ1n) is 8.04. The zero-order chi connectivity index (χ0) is 17.9. The van der Waals surface area contributed by atoms with E-state index in [0.29, 0.717) is 37.6 Å². The molecular formula is C17H22F2N2O3. The van der Waals surface area contributed by atoms with E-state index in [1.807, 2.05) is 13.8 Å². The molecule has 1 saturated heterocycles. The first-order valence-corrected chi connectivity index (χ1v) is 8.04. The van der Waals surface area contributed by atoms with Crippen LogP contribution in [0.5, 0.6) is 5.75 Å². The van der Waals surface area contributed by atoms with Crippen molar-refractivity contribution in [1.29, 1.82) is 0 Å². The van der Waals surface area contributed by atoms with E-state index in [1.165, 1.54) is 4.90 Å². The molecule has 2 amide bonds. The summed E-state index contributed by atoms with van der Waals surface area (Å²) in [5, 5.41) is 9.64. The van der Waals surface area contributed by atoms with Crippen LogP contribution in [0.1, 0.15) is 37.0 Å². The number of carbonyl (C=O) groups is 2. The van der Waals surface area contributed by atoms with Crippen LogP contribution in [0.2, 0.25) is 0 Å². The molecule has 0 spiro atoms. The fraction of sp³-hybridized carbons (Fsp3) is 0.529. The Bertz CT molecular complexity index is 603. The maximum atomic E-state index is 13.8. The number of hydrogen-bond donors (Lipinski definition) is 1. The third-order valence-electron chi connectivity index (χ3n) is 4.10. The van der Waals surface area contributed by atoms with Crippen LogP contribution in [0.25, 0.3) is 0 Å². The van der Waals surface area contributed by atoms with Crippen molar-refractivity contribution in [2.24, 2.45) is 5.92 Å². The molecule has 1 heterocycles. The number of nitrogens with zero attached hydrogens (tertiary/aromatic N) is 2. The van der Waals surface area contributed by atoms with E-state index < -0.39 is 28.9 Å². The van der Waals surface area contributed by atoms with Crippen molar-refractivity contribution >= 4 is 11.8 Å². The number of amides is 2. The molecular weight excluding hydrogens is 318 g/mol. The van der Waals surface area contributed by atoms with Crippen molar-refractivity contribution in [2.45, 2.75) is 26.7 Å². The molecule has 132 valence electrons. The topological polar surface area (TPSA) is 60.9 Å². The molecule has 0 radical (unpaired) electrons. The van der Waals surface area contributed by atoms with E-state index in [-0.39, 0.29) is 19.0 Å². The summed E-state index contributed by atoms with van der Waals surface area (Å²) >= 11 is 0. The molecule has 1 fully saturated rings. The molecule has 0 aromatic heterocycles. The second-order valence-corrected chi connectivity index (χ2v) is 6.39. The largest absolute Gasteiger partial charge is 0.507 e. The molecule has 0 atom stereocenters. The number of hydrogen-bond acceptors (Lipinski definition) is 3. The minimum absolute atomic E-state index is 0.0478. The lowest BCUT2D eigenvalue weighted by Gasteiger charge is -2.35. The zero-order valence-electron chi connectivity index (χ0n) is 13.9. The Labute approximate surface area is 139 Å². The highest BCUT2D eigenvalue weighted by atomic mass is 19.1. The van der Waals surface area contributed by atoms with Crippen LogP contribution in [0.3, 0.4) is 0 Å². The third-order valence-corrected chi connectivity index (χ3v) is 4.10. The average Bonchev–Trinajstić information content (AvgIpc) is 2.51. The predicted molar refractivity (Wildman–Crippen MR) is 84.6 cm³/mol. The predicted octanol–water partition coefficient (Wildman–Crippen LogP) is 2.39. The Morgan fingerprint density at radius 3 is 2.25 bits per heavy atom. The van der Waals surface area contributed by atoms with Crippen LogP contribution in [-0.4, -0.2) is 52.9 Å². The highest BCUT2D eigenvalue weighted by Crippen LogP contribution is 2.24. The molecule has 1 aliphatic rings. The first kappa shape index (κ1) is 18.2. The van der Waals surface area contributed by atoms with Crippen LogP contribution in [0, 0.1) is 17.6 Å². The average molecular weight is 340 g/mol. The lowest BCUT2D eigenvalue weighted by molar-refractivity contribution is -0.132. The van der Waals surface area contributed by atoms with E-state index in [4.69, 9.17) is 0 Å². The van der Waals surface area contributed by atoms with Crippen molar-refractivity contribution in [1.82, 2.24) is 9.80 Å². The van der Waals surface area contributed by atoms with Gasteiger partial charge in [-0.25, -0.2) is 8.78 Å². The highest BCUT2D eigenvalue weighted by molar-refractivity contribution is 5.97. The van der Waals surface area contributed by atoms with Gasteiger partial charge in [-0.1, -0.05) is 13.8 Å². The van der Waals surface area contributed by atoms with E-state index in [2.05, 4.69) is 0 Å². The van der Waals surface area contributed by atoms with Gasteiger partial charge in [-0.3, -0.25) is 9.59 Å². The normalized spacial score (nSPS) is 15.0. The van der Waals surface area contributed by atoms with Gasteiger partial charge in [0, 0.05) is 44.7 Å². The van der Waals surface area contributed by atoms with Gasteiger partial charge < -0.3 is 14.9 Å². The van der Waals surface area contributed by atoms with Crippen LogP contribution < -0.4 is 0 Å². The van der Waals surface area contributed by atoms with E-state index in [0.717, 1.165) is 6.42 Å². The first-order chi connectivity index (χ1) is 11.3. The minimum Gasteiger partial charge on any atom is -0.507 e. The third kappa shape index (κ3) is 4.21. The molecule has 0 unspecified atom stereocenters. The number of carbonyl (C=O) groups excluding carboxylic acids is 2. The van der Waals surface area contributed by atoms with E-state index >= 15 is 0 Å². The molecule has 1 aliphatic heterocycles. The van der Waals surface area contributed by atoms with Crippen molar-refractivity contribution in [3.05, 3.63) is 29.3 Å². The SMILES string of the molecule is CC(C)CCC(=O)N1CCN(C(=O)c2c(O)cc(F)cc2F)CC1. The Morgan fingerprint density at radius 1 is 1.12 bits per heavy atom. The van der Waals surface area contributed by atoms with Crippen molar-refractivity contribution in [3.63, 3.8) is 0 Å². The number of aromatic hydroxyl groups is 1. The van der Waals surface area contributed by atoms with Gasteiger partial charge in [-0.15, -0.1) is 0 Å². The van der Waals surface area contributed by atoms with Crippen LogP contribution in [0.15, 0.2) is 12.1 Å². The van der Waals surface area contributed by atoms with Gasteiger partial charge in [0.15, 0.2) is 0 Å². The summed E-state index contributed by atoms with van der Waals surface area (Å²) in [6, 6.07) is 1.28. The molecule has 1 N–H and O–H groups in total. The summed E-state index contributed by atoms with van der Waals surface area (Å²) < 4.78 is 26.8. The van der Waals surface area contributed by atoms with E-state index in [9.17, 15) is 23.5 Å². The van der Waals surface area contributed by atoms with Gasteiger partial charge in [-0.05, 0) is 12.3 Å². The second-order valence-electron chi connectivity index (χ2n) is 6.39. The molecule has 1 aromatic carbocycles. The number of benzene rings is 1. The number of piperazine rings is 1. The van der Waals surface area contributed by atoms with Gasteiger partial charge >= 0.3 is 0 Å². The lowest BCUT2D eigenvalue weighted by Crippen LogP contribution is -2.50. The van der Waals surface area contributed by atoms with Gasteiger partial charge in [0.05, 0.1) is 0 Å². The van der Waals surface area contributed by atoms with Gasteiger partial charge in [-0.2, -0.15) is 0 Å². The second kappa shape index (κ2) is 7.59. The zero-order valence-corrected chi connectivity index (χ0v) is 13.9. The molecule has 0 aliphatic carbocycles. The van der Waals surface area contributed by atoms with E-state index in [1.54, 1.807) is 4.90 Å². The number of phenols is 1. The monoisotopic (exact) mass is 340 g/mol. The molecule has 7 heteroatoms. The standard InChI is InChI=1S/C17H22F2N2O3/c1-11(2)3-4-15(23)20-5-7-21(8-6-20)17(24)16-13(19)9-12(18)10-14(16)22/h9-11,22H,3-8H2,1-2H3. The number of halogens is 2. The fourth-order valence-corrected chi connectivity index (χ4v) is 2.66. The Balaban J connectivity index is 1.97.